The molecule has 0 bridgehead atoms. The van der Waals surface area contributed by atoms with Crippen LogP contribution < -0.4 is 5.32 Å². The van der Waals surface area contributed by atoms with Crippen molar-refractivity contribution in [1.29, 1.82) is 0 Å². The summed E-state index contributed by atoms with van der Waals surface area (Å²) >= 11 is 0. The van der Waals surface area contributed by atoms with Gasteiger partial charge in [-0.05, 0) is 44.4 Å². The normalized spacial score (nSPS) is 20.6. The Morgan fingerprint density at radius 2 is 1.80 bits per heavy atom. The van der Waals surface area contributed by atoms with E-state index in [0.717, 1.165) is 24.8 Å². The van der Waals surface area contributed by atoms with Gasteiger partial charge in [0.2, 0.25) is 0 Å². The smallest absolute Gasteiger partial charge is 0.131 e. The van der Waals surface area contributed by atoms with E-state index in [1.54, 1.807) is 0 Å². The van der Waals surface area contributed by atoms with Gasteiger partial charge in [-0.2, -0.15) is 0 Å². The Hall–Kier alpha value is -1.22. The van der Waals surface area contributed by atoms with Gasteiger partial charge in [-0.25, -0.2) is 8.78 Å². The molecule has 110 valence electrons. The molecule has 1 N–H and O–H groups in total. The van der Waals surface area contributed by atoms with E-state index < -0.39 is 11.6 Å². The fraction of sp³-hybridized carbons (Fsp3) is 0.529. The van der Waals surface area contributed by atoms with Crippen molar-refractivity contribution in [1.82, 2.24) is 5.32 Å². The number of hydrogen-bond acceptors (Lipinski definition) is 1. The first-order valence-electron chi connectivity index (χ1n) is 7.60. The van der Waals surface area contributed by atoms with Gasteiger partial charge in [0.05, 0.1) is 6.04 Å². The Kier molecular flexibility index (Phi) is 5.72. The van der Waals surface area contributed by atoms with Gasteiger partial charge in [0, 0.05) is 5.56 Å². The number of benzene rings is 1. The summed E-state index contributed by atoms with van der Waals surface area (Å²) in [4.78, 5) is 0. The molecule has 0 radical (unpaired) electrons. The van der Waals surface area contributed by atoms with E-state index in [0.29, 0.717) is 6.54 Å². The summed E-state index contributed by atoms with van der Waals surface area (Å²) in [5, 5.41) is 3.25. The Morgan fingerprint density at radius 3 is 2.50 bits per heavy atom. The van der Waals surface area contributed by atoms with Crippen molar-refractivity contribution in [3.8, 4) is 0 Å². The first-order chi connectivity index (χ1) is 9.74. The van der Waals surface area contributed by atoms with Crippen molar-refractivity contribution in [2.24, 2.45) is 0 Å². The van der Waals surface area contributed by atoms with E-state index in [1.165, 1.54) is 37.5 Å². The fourth-order valence-electron chi connectivity index (χ4n) is 2.89. The monoisotopic (exact) mass is 279 g/mol. The minimum Gasteiger partial charge on any atom is -0.307 e. The predicted molar refractivity (Wildman–Crippen MR) is 78.6 cm³/mol. The van der Waals surface area contributed by atoms with Crippen LogP contribution in [0, 0.1) is 11.6 Å². The van der Waals surface area contributed by atoms with Crippen LogP contribution >= 0.6 is 0 Å². The summed E-state index contributed by atoms with van der Waals surface area (Å²) < 4.78 is 28.1. The third-order valence-corrected chi connectivity index (χ3v) is 3.89. The van der Waals surface area contributed by atoms with Gasteiger partial charge in [0.1, 0.15) is 11.6 Å². The molecule has 0 heterocycles. The third-order valence-electron chi connectivity index (χ3n) is 3.89. The molecule has 0 fully saturated rings. The van der Waals surface area contributed by atoms with E-state index in [-0.39, 0.29) is 11.6 Å². The summed E-state index contributed by atoms with van der Waals surface area (Å²) in [6.45, 7) is 2.66. The van der Waals surface area contributed by atoms with Crippen LogP contribution in [0.4, 0.5) is 8.78 Å². The van der Waals surface area contributed by atoms with Crippen LogP contribution in [-0.2, 0) is 0 Å². The van der Waals surface area contributed by atoms with E-state index in [4.69, 9.17) is 0 Å². The van der Waals surface area contributed by atoms with E-state index in [2.05, 4.69) is 11.4 Å². The first-order valence-corrected chi connectivity index (χ1v) is 7.60. The minimum atomic E-state index is -0.459. The summed E-state index contributed by atoms with van der Waals surface area (Å²) in [5.41, 5.74) is 1.30. The van der Waals surface area contributed by atoms with Crippen LogP contribution in [0.5, 0.6) is 0 Å². The van der Waals surface area contributed by atoms with E-state index in [9.17, 15) is 8.78 Å². The lowest BCUT2D eigenvalue weighted by Crippen LogP contribution is -2.25. The SMILES string of the molecule is CCNC(/C1=C/CCCCCC1)c1c(F)cccc1F. The lowest BCUT2D eigenvalue weighted by Gasteiger charge is -2.24. The summed E-state index contributed by atoms with van der Waals surface area (Å²) in [7, 11) is 0. The summed E-state index contributed by atoms with van der Waals surface area (Å²) in [6.07, 6.45) is 8.84. The van der Waals surface area contributed by atoms with Crippen molar-refractivity contribution < 1.29 is 8.78 Å². The molecule has 0 saturated heterocycles. The molecule has 0 aromatic heterocycles. The molecule has 1 unspecified atom stereocenters. The van der Waals surface area contributed by atoms with Gasteiger partial charge < -0.3 is 5.32 Å². The molecule has 2 rings (SSSR count). The van der Waals surface area contributed by atoms with Crippen LogP contribution in [0.15, 0.2) is 29.8 Å². The highest BCUT2D eigenvalue weighted by molar-refractivity contribution is 5.31. The van der Waals surface area contributed by atoms with E-state index in [1.807, 2.05) is 6.92 Å². The highest BCUT2D eigenvalue weighted by Gasteiger charge is 2.22. The van der Waals surface area contributed by atoms with Crippen molar-refractivity contribution in [3.05, 3.63) is 47.0 Å². The maximum Gasteiger partial charge on any atom is 0.131 e. The zero-order chi connectivity index (χ0) is 14.4. The molecule has 0 saturated carbocycles. The second-order valence-corrected chi connectivity index (χ2v) is 5.36. The molecular formula is C17H23F2N. The number of nitrogens with one attached hydrogen (secondary N) is 1. The van der Waals surface area contributed by atoms with Crippen LogP contribution in [0.25, 0.3) is 0 Å². The average molecular weight is 279 g/mol. The number of likely N-dealkylation sites (N-methyl/N-ethyl adjacent to an activating group) is 1. The Morgan fingerprint density at radius 1 is 1.10 bits per heavy atom. The molecule has 1 aliphatic carbocycles. The van der Waals surface area contributed by atoms with Crippen LogP contribution in [0.3, 0.4) is 0 Å². The Labute approximate surface area is 120 Å². The van der Waals surface area contributed by atoms with Gasteiger partial charge in [0.25, 0.3) is 0 Å². The molecule has 20 heavy (non-hydrogen) atoms. The van der Waals surface area contributed by atoms with Gasteiger partial charge in [-0.1, -0.05) is 37.5 Å². The zero-order valence-electron chi connectivity index (χ0n) is 12.1. The fourth-order valence-corrected chi connectivity index (χ4v) is 2.89. The van der Waals surface area contributed by atoms with Gasteiger partial charge in [-0.3, -0.25) is 0 Å². The number of halogens is 2. The van der Waals surface area contributed by atoms with Gasteiger partial charge >= 0.3 is 0 Å². The second-order valence-electron chi connectivity index (χ2n) is 5.36. The van der Waals surface area contributed by atoms with Crippen LogP contribution in [0.1, 0.15) is 57.1 Å². The van der Waals surface area contributed by atoms with Crippen molar-refractivity contribution >= 4 is 0 Å². The largest absolute Gasteiger partial charge is 0.307 e. The summed E-state index contributed by atoms with van der Waals surface area (Å²) in [5.74, 6) is -0.919. The minimum absolute atomic E-state index is 0.168. The molecule has 1 atom stereocenters. The highest BCUT2D eigenvalue weighted by Crippen LogP contribution is 2.31. The third kappa shape index (κ3) is 3.66. The van der Waals surface area contributed by atoms with Crippen molar-refractivity contribution in [3.63, 3.8) is 0 Å². The second kappa shape index (κ2) is 7.53. The number of rotatable bonds is 4. The van der Waals surface area contributed by atoms with Crippen molar-refractivity contribution in [2.45, 2.75) is 51.5 Å². The average Bonchev–Trinajstić information content (AvgIpc) is 2.37. The molecule has 0 spiro atoms. The number of hydrogen-bond donors (Lipinski definition) is 1. The predicted octanol–water partition coefficient (Wildman–Crippen LogP) is 4.90. The molecule has 0 amide bonds. The Balaban J connectivity index is 2.34. The lowest BCUT2D eigenvalue weighted by atomic mass is 9.90. The highest BCUT2D eigenvalue weighted by atomic mass is 19.1. The Bertz CT molecular complexity index is 448. The van der Waals surface area contributed by atoms with E-state index >= 15 is 0 Å². The molecule has 1 aliphatic rings. The summed E-state index contributed by atoms with van der Waals surface area (Å²) in [6, 6.07) is 3.77. The van der Waals surface area contributed by atoms with Crippen LogP contribution in [-0.4, -0.2) is 6.54 Å². The lowest BCUT2D eigenvalue weighted by molar-refractivity contribution is 0.490. The number of allylic oxidation sites excluding steroid dienone is 1. The standard InChI is InChI=1S/C17H23F2N/c1-2-20-17(13-9-6-4-3-5-7-10-13)16-14(18)11-8-12-15(16)19/h8-9,11-12,17,20H,2-7,10H2,1H3/b13-9+. The topological polar surface area (TPSA) is 12.0 Å². The quantitative estimate of drug-likeness (QED) is 0.773. The van der Waals surface area contributed by atoms with Crippen molar-refractivity contribution in [2.75, 3.05) is 6.54 Å². The maximum atomic E-state index is 14.1. The van der Waals surface area contributed by atoms with Crippen LogP contribution in [0.2, 0.25) is 0 Å². The molecule has 0 aliphatic heterocycles. The zero-order valence-corrected chi connectivity index (χ0v) is 12.1. The molecule has 3 heteroatoms. The molecule has 1 aromatic carbocycles. The van der Waals surface area contributed by atoms with Gasteiger partial charge in [0.15, 0.2) is 0 Å². The molecular weight excluding hydrogens is 256 g/mol. The maximum absolute atomic E-state index is 14.1. The van der Waals surface area contributed by atoms with Gasteiger partial charge in [-0.15, -0.1) is 0 Å². The molecule has 1 nitrogen and oxygen atoms in total. The molecule has 1 aromatic rings. The first kappa shape index (κ1) is 15.2.